The van der Waals surface area contributed by atoms with E-state index >= 15 is 0 Å². The van der Waals surface area contributed by atoms with Gasteiger partial charge in [0.05, 0.1) is 5.69 Å². The molecular formula is C15H17N3S. The highest BCUT2D eigenvalue weighted by molar-refractivity contribution is 7.17. The van der Waals surface area contributed by atoms with Gasteiger partial charge in [-0.2, -0.15) is 5.10 Å². The fraction of sp³-hybridized carbons (Fsp3) is 0.267. The molecule has 0 saturated carbocycles. The fourth-order valence-electron chi connectivity index (χ4n) is 2.39. The predicted octanol–water partition coefficient (Wildman–Crippen LogP) is 4.07. The zero-order valence-electron chi connectivity index (χ0n) is 11.1. The summed E-state index contributed by atoms with van der Waals surface area (Å²) in [5, 5.41) is 10.7. The summed E-state index contributed by atoms with van der Waals surface area (Å²) in [5.74, 6) is 1.18. The average Bonchev–Trinajstić information content (AvgIpc) is 2.94. The molecule has 0 bridgehead atoms. The maximum Gasteiger partial charge on any atom is 0.149 e. The molecule has 0 spiro atoms. The molecule has 0 unspecified atom stereocenters. The number of nitrogens with one attached hydrogen (secondary N) is 1. The van der Waals surface area contributed by atoms with Gasteiger partial charge in [0.2, 0.25) is 0 Å². The molecule has 2 heterocycles. The Morgan fingerprint density at radius 1 is 1.32 bits per heavy atom. The normalized spacial score (nSPS) is 11.5. The lowest BCUT2D eigenvalue weighted by atomic mass is 9.99. The molecule has 19 heavy (non-hydrogen) atoms. The number of thiophene rings is 1. The summed E-state index contributed by atoms with van der Waals surface area (Å²) in [5.41, 5.74) is 9.42. The van der Waals surface area contributed by atoms with Crippen LogP contribution < -0.4 is 5.73 Å². The molecular weight excluding hydrogens is 254 g/mol. The first-order valence-electron chi connectivity index (χ1n) is 6.46. The van der Waals surface area contributed by atoms with Crippen molar-refractivity contribution in [3.8, 4) is 11.3 Å². The maximum atomic E-state index is 6.00. The summed E-state index contributed by atoms with van der Waals surface area (Å²) < 4.78 is 1.29. The zero-order chi connectivity index (χ0) is 13.4. The Morgan fingerprint density at radius 3 is 2.89 bits per heavy atom. The smallest absolute Gasteiger partial charge is 0.149 e. The number of nitrogens with zero attached hydrogens (tertiary/aromatic N) is 1. The summed E-state index contributed by atoms with van der Waals surface area (Å²) in [4.78, 5) is 0. The predicted molar refractivity (Wildman–Crippen MR) is 82.4 cm³/mol. The third-order valence-electron chi connectivity index (χ3n) is 3.26. The van der Waals surface area contributed by atoms with Gasteiger partial charge in [-0.25, -0.2) is 0 Å². The van der Waals surface area contributed by atoms with Crippen LogP contribution >= 0.6 is 11.3 Å². The number of nitrogens with two attached hydrogens (primary N) is 1. The van der Waals surface area contributed by atoms with Crippen LogP contribution in [0.25, 0.3) is 21.3 Å². The number of hydrogen-bond donors (Lipinski definition) is 2. The summed E-state index contributed by atoms with van der Waals surface area (Å²) in [6, 6.07) is 8.43. The lowest BCUT2D eigenvalue weighted by Gasteiger charge is -2.06. The second-order valence-corrected chi connectivity index (χ2v) is 6.12. The molecule has 0 aliphatic rings. The maximum absolute atomic E-state index is 6.00. The number of anilines is 1. The van der Waals surface area contributed by atoms with Gasteiger partial charge in [-0.3, -0.25) is 5.10 Å². The molecule has 98 valence electrons. The SMILES string of the molecule is CC(C)Cc1c(N)n[nH]c1-c1csc2ccccc12. The van der Waals surface area contributed by atoms with Gasteiger partial charge in [0, 0.05) is 26.6 Å². The molecule has 3 aromatic rings. The summed E-state index contributed by atoms with van der Waals surface area (Å²) in [6.45, 7) is 4.39. The Hall–Kier alpha value is -1.81. The van der Waals surface area contributed by atoms with Crippen LogP contribution in [0, 0.1) is 5.92 Å². The third kappa shape index (κ3) is 2.12. The van der Waals surface area contributed by atoms with Crippen LogP contribution in [-0.4, -0.2) is 10.2 Å². The molecule has 1 aromatic carbocycles. The van der Waals surface area contributed by atoms with Gasteiger partial charge < -0.3 is 5.73 Å². The Bertz CT molecular complexity index is 709. The molecule has 0 aliphatic carbocycles. The van der Waals surface area contributed by atoms with E-state index in [1.54, 1.807) is 11.3 Å². The number of aromatic amines is 1. The van der Waals surface area contributed by atoms with E-state index in [9.17, 15) is 0 Å². The minimum Gasteiger partial charge on any atom is -0.382 e. The van der Waals surface area contributed by atoms with Crippen molar-refractivity contribution in [3.05, 3.63) is 35.2 Å². The van der Waals surface area contributed by atoms with E-state index in [2.05, 4.69) is 53.7 Å². The van der Waals surface area contributed by atoms with Gasteiger partial charge in [-0.15, -0.1) is 11.3 Å². The Labute approximate surface area is 116 Å². The largest absolute Gasteiger partial charge is 0.382 e. The lowest BCUT2D eigenvalue weighted by molar-refractivity contribution is 0.649. The lowest BCUT2D eigenvalue weighted by Crippen LogP contribution is -1.98. The number of rotatable bonds is 3. The number of nitrogen functional groups attached to an aromatic ring is 1. The topological polar surface area (TPSA) is 54.7 Å². The van der Waals surface area contributed by atoms with Crippen LogP contribution in [-0.2, 0) is 6.42 Å². The first-order valence-corrected chi connectivity index (χ1v) is 7.34. The molecule has 0 saturated heterocycles. The number of H-pyrrole nitrogens is 1. The van der Waals surface area contributed by atoms with Crippen molar-refractivity contribution in [2.45, 2.75) is 20.3 Å². The van der Waals surface area contributed by atoms with Crippen molar-refractivity contribution < 1.29 is 0 Å². The monoisotopic (exact) mass is 271 g/mol. The van der Waals surface area contributed by atoms with Crippen LogP contribution in [0.1, 0.15) is 19.4 Å². The van der Waals surface area contributed by atoms with Crippen molar-refractivity contribution in [2.24, 2.45) is 5.92 Å². The van der Waals surface area contributed by atoms with Crippen molar-refractivity contribution in [2.75, 3.05) is 5.73 Å². The van der Waals surface area contributed by atoms with Crippen molar-refractivity contribution in [1.29, 1.82) is 0 Å². The summed E-state index contributed by atoms with van der Waals surface area (Å²) in [6.07, 6.45) is 0.946. The van der Waals surface area contributed by atoms with E-state index in [1.807, 2.05) is 0 Å². The van der Waals surface area contributed by atoms with Gasteiger partial charge >= 0.3 is 0 Å². The Kier molecular flexibility index (Phi) is 3.03. The highest BCUT2D eigenvalue weighted by Gasteiger charge is 2.16. The van der Waals surface area contributed by atoms with E-state index < -0.39 is 0 Å². The van der Waals surface area contributed by atoms with Crippen LogP contribution in [0.4, 0.5) is 5.82 Å². The Balaban J connectivity index is 2.16. The van der Waals surface area contributed by atoms with E-state index in [4.69, 9.17) is 5.73 Å². The van der Waals surface area contributed by atoms with E-state index in [0.29, 0.717) is 11.7 Å². The van der Waals surface area contributed by atoms with E-state index in [0.717, 1.165) is 17.7 Å². The number of benzene rings is 1. The molecule has 0 radical (unpaired) electrons. The van der Waals surface area contributed by atoms with Crippen LogP contribution in [0.15, 0.2) is 29.6 Å². The fourth-order valence-corrected chi connectivity index (χ4v) is 3.34. The Morgan fingerprint density at radius 2 is 2.11 bits per heavy atom. The van der Waals surface area contributed by atoms with Crippen molar-refractivity contribution in [1.82, 2.24) is 10.2 Å². The van der Waals surface area contributed by atoms with Gasteiger partial charge in [0.25, 0.3) is 0 Å². The minimum atomic E-state index is 0.559. The molecule has 0 amide bonds. The minimum absolute atomic E-state index is 0.559. The van der Waals surface area contributed by atoms with E-state index in [1.165, 1.54) is 15.6 Å². The van der Waals surface area contributed by atoms with Crippen molar-refractivity contribution in [3.63, 3.8) is 0 Å². The molecule has 3 N–H and O–H groups in total. The highest BCUT2D eigenvalue weighted by Crippen LogP contribution is 2.36. The van der Waals surface area contributed by atoms with Crippen LogP contribution in [0.2, 0.25) is 0 Å². The highest BCUT2D eigenvalue weighted by atomic mass is 32.1. The molecule has 0 atom stereocenters. The van der Waals surface area contributed by atoms with Crippen LogP contribution in [0.3, 0.4) is 0 Å². The second kappa shape index (κ2) is 4.70. The summed E-state index contributed by atoms with van der Waals surface area (Å²) >= 11 is 1.76. The number of hydrogen-bond acceptors (Lipinski definition) is 3. The van der Waals surface area contributed by atoms with E-state index in [-0.39, 0.29) is 0 Å². The van der Waals surface area contributed by atoms with Crippen LogP contribution in [0.5, 0.6) is 0 Å². The van der Waals surface area contributed by atoms with Crippen molar-refractivity contribution >= 4 is 27.2 Å². The first kappa shape index (κ1) is 12.2. The molecule has 3 rings (SSSR count). The molecule has 0 fully saturated rings. The standard InChI is InChI=1S/C15H17N3S/c1-9(2)7-11-14(17-18-15(11)16)12-8-19-13-6-4-3-5-10(12)13/h3-6,8-9H,7H2,1-2H3,(H3,16,17,18). The van der Waals surface area contributed by atoms with Gasteiger partial charge in [-0.1, -0.05) is 32.0 Å². The number of fused-ring (bicyclic) bond motifs is 1. The quantitative estimate of drug-likeness (QED) is 0.754. The molecule has 4 heteroatoms. The molecule has 2 aromatic heterocycles. The average molecular weight is 271 g/mol. The molecule has 0 aliphatic heterocycles. The third-order valence-corrected chi connectivity index (χ3v) is 4.23. The zero-order valence-corrected chi connectivity index (χ0v) is 11.9. The van der Waals surface area contributed by atoms with Gasteiger partial charge in [-0.05, 0) is 18.4 Å². The number of aromatic nitrogens is 2. The second-order valence-electron chi connectivity index (χ2n) is 5.21. The summed E-state index contributed by atoms with van der Waals surface area (Å²) in [7, 11) is 0. The molecule has 3 nitrogen and oxygen atoms in total. The first-order chi connectivity index (χ1) is 9.16. The van der Waals surface area contributed by atoms with Gasteiger partial charge in [0.1, 0.15) is 5.82 Å². The van der Waals surface area contributed by atoms with Gasteiger partial charge in [0.15, 0.2) is 0 Å².